The molecule has 3 rings (SSSR count). The molecule has 0 saturated carbocycles. The van der Waals surface area contributed by atoms with E-state index in [1.54, 1.807) is 28.6 Å². The maximum atomic E-state index is 10.8. The summed E-state index contributed by atoms with van der Waals surface area (Å²) in [6.45, 7) is 5.30. The summed E-state index contributed by atoms with van der Waals surface area (Å²) < 4.78 is 7.84. The number of aryl methyl sites for hydroxylation is 1. The van der Waals surface area contributed by atoms with Crippen molar-refractivity contribution in [3.05, 3.63) is 63.6 Å². The first-order valence-corrected chi connectivity index (χ1v) is 11.6. The minimum atomic E-state index is -1.10. The highest BCUT2D eigenvalue weighted by molar-refractivity contribution is 7.94. The van der Waals surface area contributed by atoms with E-state index in [2.05, 4.69) is 15.7 Å². The standard InChI is InChI=1S/C21H24N5O5S3/c1-12-7-8-17(13(2)19(12)25(3)11-16(27)10-18(28)29)34-31-30-24-14-5-4-6-15(9-14)26-20(32)22-23-21(26)33/h4-9,11,16,24,27H,10H2,1-3H3,(H,22,32)(H,23,33)(H,28,29). The van der Waals surface area contributed by atoms with Crippen LogP contribution < -0.4 is 10.4 Å². The van der Waals surface area contributed by atoms with E-state index in [4.69, 9.17) is 38.9 Å². The van der Waals surface area contributed by atoms with E-state index in [-0.39, 0.29) is 6.42 Å². The highest BCUT2D eigenvalue weighted by atomic mass is 32.2. The van der Waals surface area contributed by atoms with Crippen molar-refractivity contribution in [1.82, 2.24) is 14.8 Å². The Morgan fingerprint density at radius 2 is 1.97 bits per heavy atom. The molecular formula is C21H24N5O5S3. The summed E-state index contributed by atoms with van der Waals surface area (Å²) in [5.74, 6) is -1.07. The van der Waals surface area contributed by atoms with E-state index < -0.39 is 12.1 Å². The van der Waals surface area contributed by atoms with Crippen LogP contribution in [0, 0.1) is 29.9 Å². The number of H-pyrrole nitrogens is 2. The number of rotatable bonds is 11. The number of aromatic nitrogens is 3. The minimum Gasteiger partial charge on any atom is -0.481 e. The van der Waals surface area contributed by atoms with Gasteiger partial charge in [0.2, 0.25) is 0 Å². The van der Waals surface area contributed by atoms with Gasteiger partial charge in [0.1, 0.15) is 0 Å². The number of likely N-dealkylation sites (N-methyl/N-ethyl adjacent to an activating group) is 1. The number of carboxylic acids is 1. The zero-order valence-electron chi connectivity index (χ0n) is 18.6. The fourth-order valence-electron chi connectivity index (χ4n) is 3.39. The smallest absolute Gasteiger partial charge is 0.306 e. The van der Waals surface area contributed by atoms with Crippen molar-refractivity contribution in [1.29, 1.82) is 0 Å². The quantitative estimate of drug-likeness (QED) is 0.0800. The molecule has 0 saturated heterocycles. The number of hydrogen-bond donors (Lipinski definition) is 5. The van der Waals surface area contributed by atoms with Gasteiger partial charge >= 0.3 is 5.97 Å². The fourth-order valence-corrected chi connectivity index (χ4v) is 4.43. The number of carbonyl (C=O) groups is 1. The lowest BCUT2D eigenvalue weighted by atomic mass is 10.1. The van der Waals surface area contributed by atoms with Crippen LogP contribution >= 0.6 is 36.5 Å². The molecule has 0 fully saturated rings. The second-order valence-electron chi connectivity index (χ2n) is 7.36. The molecule has 5 N–H and O–H groups in total. The molecular weight excluding hydrogens is 498 g/mol. The number of aliphatic carboxylic acids is 1. The molecule has 1 aromatic heterocycles. The summed E-state index contributed by atoms with van der Waals surface area (Å²) >= 11 is 11.5. The number of aromatic amines is 2. The summed E-state index contributed by atoms with van der Waals surface area (Å²) in [5, 5.41) is 24.4. The van der Waals surface area contributed by atoms with E-state index in [0.29, 0.717) is 15.2 Å². The number of benzene rings is 2. The van der Waals surface area contributed by atoms with Crippen LogP contribution in [-0.4, -0.2) is 44.1 Å². The second-order valence-corrected chi connectivity index (χ2v) is 8.88. The molecule has 3 aromatic rings. The number of aliphatic hydroxyl groups is 1. The lowest BCUT2D eigenvalue weighted by molar-refractivity contribution is -0.161. The first-order valence-electron chi connectivity index (χ1n) is 10.0. The van der Waals surface area contributed by atoms with Crippen molar-refractivity contribution in [2.45, 2.75) is 31.3 Å². The molecule has 0 aliphatic heterocycles. The predicted octanol–water partition coefficient (Wildman–Crippen LogP) is 4.63. The van der Waals surface area contributed by atoms with Crippen LogP contribution in [0.5, 0.6) is 0 Å². The number of hydrogen-bond acceptors (Lipinski definition) is 9. The van der Waals surface area contributed by atoms with E-state index >= 15 is 0 Å². The monoisotopic (exact) mass is 522 g/mol. The van der Waals surface area contributed by atoms with Crippen molar-refractivity contribution < 1.29 is 24.3 Å². The zero-order valence-corrected chi connectivity index (χ0v) is 21.0. The molecule has 0 amide bonds. The number of carboxylic acid groups (broad SMARTS) is 1. The second kappa shape index (κ2) is 11.6. The predicted molar refractivity (Wildman–Crippen MR) is 135 cm³/mol. The van der Waals surface area contributed by atoms with Gasteiger partial charge in [-0.05, 0) is 73.7 Å². The first kappa shape index (κ1) is 25.9. The van der Waals surface area contributed by atoms with Gasteiger partial charge in [-0.25, -0.2) is 5.48 Å². The average molecular weight is 523 g/mol. The van der Waals surface area contributed by atoms with Gasteiger partial charge in [0.25, 0.3) is 0 Å². The summed E-state index contributed by atoms with van der Waals surface area (Å²) in [5.41, 5.74) is 6.76. The Kier molecular flexibility index (Phi) is 8.88. The van der Waals surface area contributed by atoms with E-state index in [1.807, 2.05) is 38.1 Å². The fraction of sp³-hybridized carbons (Fsp3) is 0.238. The van der Waals surface area contributed by atoms with E-state index in [0.717, 1.165) is 39.4 Å². The molecule has 1 atom stereocenters. The minimum absolute atomic E-state index is 0.372. The Balaban J connectivity index is 1.62. The lowest BCUT2D eigenvalue weighted by Crippen LogP contribution is -2.26. The number of aliphatic hydroxyl groups excluding tert-OH is 1. The van der Waals surface area contributed by atoms with Crippen molar-refractivity contribution in [2.75, 3.05) is 17.4 Å². The average Bonchev–Trinajstić information content (AvgIpc) is 3.10. The Hall–Kier alpha value is -2.68. The third-order valence-corrected chi connectivity index (χ3v) is 6.15. The summed E-state index contributed by atoms with van der Waals surface area (Å²) in [4.78, 5) is 18.5. The Labute approximate surface area is 210 Å². The van der Waals surface area contributed by atoms with Gasteiger partial charge in [-0.15, -0.1) is 9.32 Å². The third-order valence-electron chi connectivity index (χ3n) is 4.82. The zero-order chi connectivity index (χ0) is 24.8. The van der Waals surface area contributed by atoms with Crippen LogP contribution in [0.25, 0.3) is 5.69 Å². The summed E-state index contributed by atoms with van der Waals surface area (Å²) in [6, 6.07) is 11.1. The molecule has 34 heavy (non-hydrogen) atoms. The van der Waals surface area contributed by atoms with Crippen LogP contribution in [0.2, 0.25) is 0 Å². The van der Waals surface area contributed by atoms with Crippen LogP contribution in [0.1, 0.15) is 17.5 Å². The molecule has 0 aliphatic carbocycles. The van der Waals surface area contributed by atoms with E-state index in [1.165, 1.54) is 6.54 Å². The summed E-state index contributed by atoms with van der Waals surface area (Å²) in [6.07, 6.45) is -1.48. The Morgan fingerprint density at radius 3 is 2.65 bits per heavy atom. The molecule has 1 unspecified atom stereocenters. The maximum absolute atomic E-state index is 10.8. The molecule has 13 heteroatoms. The lowest BCUT2D eigenvalue weighted by Gasteiger charge is -2.26. The molecule has 2 aromatic carbocycles. The van der Waals surface area contributed by atoms with Crippen molar-refractivity contribution in [2.24, 2.45) is 0 Å². The molecule has 1 radical (unpaired) electrons. The van der Waals surface area contributed by atoms with Crippen molar-refractivity contribution >= 4 is 53.8 Å². The maximum Gasteiger partial charge on any atom is 0.306 e. The van der Waals surface area contributed by atoms with Gasteiger partial charge in [-0.1, -0.05) is 12.1 Å². The molecule has 0 bridgehead atoms. The van der Waals surface area contributed by atoms with Crippen LogP contribution in [0.15, 0.2) is 41.3 Å². The third kappa shape index (κ3) is 6.46. The molecule has 0 spiro atoms. The van der Waals surface area contributed by atoms with Gasteiger partial charge in [0, 0.05) is 17.6 Å². The van der Waals surface area contributed by atoms with Gasteiger partial charge in [0.15, 0.2) is 9.54 Å². The normalized spacial score (nSPS) is 11.9. The Morgan fingerprint density at radius 1 is 1.26 bits per heavy atom. The van der Waals surface area contributed by atoms with Gasteiger partial charge in [-0.2, -0.15) is 0 Å². The molecule has 181 valence electrons. The molecule has 10 nitrogen and oxygen atoms in total. The first-order chi connectivity index (χ1) is 16.2. The van der Waals surface area contributed by atoms with Gasteiger partial charge in [0.05, 0.1) is 42.5 Å². The SMILES string of the molecule is Cc1ccc(SOONc2cccc(-n3c(=S)[nH][nH]c3=S)c2)c(C)c1N(C)[CH]C(O)CC(=O)O. The molecule has 1 heterocycles. The number of nitrogens with zero attached hydrogens (tertiary/aromatic N) is 2. The molecule has 0 aliphatic rings. The largest absolute Gasteiger partial charge is 0.481 e. The van der Waals surface area contributed by atoms with Crippen LogP contribution in [0.4, 0.5) is 11.4 Å². The summed E-state index contributed by atoms with van der Waals surface area (Å²) in [7, 11) is 1.75. The van der Waals surface area contributed by atoms with Crippen LogP contribution in [0.3, 0.4) is 0 Å². The van der Waals surface area contributed by atoms with Gasteiger partial charge in [-0.3, -0.25) is 19.6 Å². The van der Waals surface area contributed by atoms with Crippen molar-refractivity contribution in [3.63, 3.8) is 0 Å². The van der Waals surface area contributed by atoms with E-state index in [9.17, 15) is 9.90 Å². The highest BCUT2D eigenvalue weighted by Gasteiger charge is 2.18. The number of anilines is 2. The highest BCUT2D eigenvalue weighted by Crippen LogP contribution is 2.34. The Bertz CT molecular complexity index is 1240. The number of nitrogens with one attached hydrogen (secondary N) is 3. The topological polar surface area (TPSA) is 128 Å². The van der Waals surface area contributed by atoms with Gasteiger partial charge < -0.3 is 15.1 Å². The van der Waals surface area contributed by atoms with Crippen LogP contribution in [-0.2, 0) is 14.1 Å². The van der Waals surface area contributed by atoms with Crippen molar-refractivity contribution in [3.8, 4) is 5.69 Å².